The lowest BCUT2D eigenvalue weighted by molar-refractivity contribution is 0.351. The number of halogens is 1. The fourth-order valence-electron chi connectivity index (χ4n) is 2.64. The fourth-order valence-corrected chi connectivity index (χ4v) is 2.64. The molecule has 6 heteroatoms. The second-order valence-corrected chi connectivity index (χ2v) is 5.23. The number of methoxy groups -OCH3 is 2. The summed E-state index contributed by atoms with van der Waals surface area (Å²) in [5.74, 6) is 2.08. The van der Waals surface area contributed by atoms with E-state index in [1.54, 1.807) is 14.2 Å². The van der Waals surface area contributed by atoms with E-state index in [-0.39, 0.29) is 24.0 Å². The Morgan fingerprint density at radius 3 is 2.41 bits per heavy atom. The maximum atomic E-state index is 6.13. The molecule has 0 aliphatic carbocycles. The number of hydrogen-bond acceptors (Lipinski definition) is 3. The maximum absolute atomic E-state index is 6.13. The van der Waals surface area contributed by atoms with Gasteiger partial charge in [0.25, 0.3) is 0 Å². The van der Waals surface area contributed by atoms with Crippen LogP contribution in [-0.2, 0) is 6.54 Å². The SMILES string of the molecule is COc1cccc(CN=C(N)N2CCCCCC2)c1OC.I. The summed E-state index contributed by atoms with van der Waals surface area (Å²) in [7, 11) is 3.28. The second kappa shape index (κ2) is 9.76. The highest BCUT2D eigenvalue weighted by atomic mass is 127. The Labute approximate surface area is 149 Å². The first-order valence-electron chi connectivity index (χ1n) is 7.51. The van der Waals surface area contributed by atoms with Crippen LogP contribution < -0.4 is 15.2 Å². The summed E-state index contributed by atoms with van der Waals surface area (Å²) < 4.78 is 10.7. The molecule has 124 valence electrons. The van der Waals surface area contributed by atoms with E-state index in [0.717, 1.165) is 30.2 Å². The minimum Gasteiger partial charge on any atom is -0.493 e. The highest BCUT2D eigenvalue weighted by Gasteiger charge is 2.12. The number of nitrogens with zero attached hydrogens (tertiary/aromatic N) is 2. The van der Waals surface area contributed by atoms with Crippen molar-refractivity contribution in [3.8, 4) is 11.5 Å². The van der Waals surface area contributed by atoms with Crippen LogP contribution in [-0.4, -0.2) is 38.2 Å². The molecule has 22 heavy (non-hydrogen) atoms. The lowest BCUT2D eigenvalue weighted by Crippen LogP contribution is -2.38. The van der Waals surface area contributed by atoms with Crippen LogP contribution in [0.25, 0.3) is 0 Å². The van der Waals surface area contributed by atoms with E-state index < -0.39 is 0 Å². The van der Waals surface area contributed by atoms with Gasteiger partial charge in [0.2, 0.25) is 0 Å². The molecule has 0 radical (unpaired) electrons. The predicted octanol–water partition coefficient (Wildman–Crippen LogP) is 3.01. The third-order valence-corrected chi connectivity index (χ3v) is 3.83. The van der Waals surface area contributed by atoms with Crippen LogP contribution in [0.3, 0.4) is 0 Å². The normalized spacial score (nSPS) is 15.7. The number of hydrogen-bond donors (Lipinski definition) is 1. The van der Waals surface area contributed by atoms with Gasteiger partial charge in [-0.25, -0.2) is 4.99 Å². The lowest BCUT2D eigenvalue weighted by Gasteiger charge is -2.21. The molecule has 0 saturated carbocycles. The minimum absolute atomic E-state index is 0. The monoisotopic (exact) mass is 419 g/mol. The van der Waals surface area contributed by atoms with Crippen LogP contribution in [0.2, 0.25) is 0 Å². The van der Waals surface area contributed by atoms with Crippen molar-refractivity contribution in [1.29, 1.82) is 0 Å². The van der Waals surface area contributed by atoms with E-state index in [4.69, 9.17) is 15.2 Å². The maximum Gasteiger partial charge on any atom is 0.191 e. The average Bonchev–Trinajstić information content (AvgIpc) is 2.81. The molecule has 5 nitrogen and oxygen atoms in total. The quantitative estimate of drug-likeness (QED) is 0.463. The van der Waals surface area contributed by atoms with Crippen LogP contribution in [0.15, 0.2) is 23.2 Å². The van der Waals surface area contributed by atoms with Gasteiger partial charge < -0.3 is 20.1 Å². The van der Waals surface area contributed by atoms with Crippen molar-refractivity contribution in [2.45, 2.75) is 32.2 Å². The molecule has 1 aromatic rings. The largest absolute Gasteiger partial charge is 0.493 e. The van der Waals surface area contributed by atoms with Crippen molar-refractivity contribution in [3.63, 3.8) is 0 Å². The second-order valence-electron chi connectivity index (χ2n) is 5.23. The first-order chi connectivity index (χ1) is 10.3. The van der Waals surface area contributed by atoms with E-state index in [1.807, 2.05) is 18.2 Å². The van der Waals surface area contributed by atoms with Crippen molar-refractivity contribution >= 4 is 29.9 Å². The Kier molecular flexibility index (Phi) is 8.37. The van der Waals surface area contributed by atoms with Gasteiger partial charge in [0.15, 0.2) is 17.5 Å². The molecule has 0 bridgehead atoms. The van der Waals surface area contributed by atoms with Crippen molar-refractivity contribution in [1.82, 2.24) is 4.90 Å². The molecule has 1 aromatic carbocycles. The van der Waals surface area contributed by atoms with Gasteiger partial charge in [-0.3, -0.25) is 0 Å². The zero-order valence-corrected chi connectivity index (χ0v) is 15.7. The van der Waals surface area contributed by atoms with Crippen molar-refractivity contribution < 1.29 is 9.47 Å². The molecule has 1 aliphatic heterocycles. The Morgan fingerprint density at radius 2 is 1.82 bits per heavy atom. The molecule has 1 saturated heterocycles. The van der Waals surface area contributed by atoms with Gasteiger partial charge in [-0.1, -0.05) is 25.0 Å². The smallest absolute Gasteiger partial charge is 0.191 e. The number of likely N-dealkylation sites (tertiary alicyclic amines) is 1. The van der Waals surface area contributed by atoms with E-state index in [2.05, 4.69) is 9.89 Å². The first kappa shape index (κ1) is 18.9. The fraction of sp³-hybridized carbons (Fsp3) is 0.562. The molecule has 0 aromatic heterocycles. The first-order valence-corrected chi connectivity index (χ1v) is 7.51. The molecule has 2 N–H and O–H groups in total. The van der Waals surface area contributed by atoms with Crippen molar-refractivity contribution in [3.05, 3.63) is 23.8 Å². The predicted molar refractivity (Wildman–Crippen MR) is 100 cm³/mol. The van der Waals surface area contributed by atoms with Gasteiger partial charge in [0.1, 0.15) is 0 Å². The lowest BCUT2D eigenvalue weighted by atomic mass is 10.2. The summed E-state index contributed by atoms with van der Waals surface area (Å²) >= 11 is 0. The molecule has 1 heterocycles. The number of ether oxygens (including phenoxy) is 2. The highest BCUT2D eigenvalue weighted by Crippen LogP contribution is 2.31. The number of para-hydroxylation sites is 1. The van der Waals surface area contributed by atoms with Crippen LogP contribution >= 0.6 is 24.0 Å². The molecule has 1 aliphatic rings. The minimum atomic E-state index is 0. The van der Waals surface area contributed by atoms with Crippen LogP contribution in [0.4, 0.5) is 0 Å². The van der Waals surface area contributed by atoms with Gasteiger partial charge in [0, 0.05) is 18.7 Å². The summed E-state index contributed by atoms with van der Waals surface area (Å²) in [6.07, 6.45) is 4.96. The third-order valence-electron chi connectivity index (χ3n) is 3.83. The van der Waals surface area contributed by atoms with E-state index in [9.17, 15) is 0 Å². The van der Waals surface area contributed by atoms with Gasteiger partial charge in [-0.15, -0.1) is 24.0 Å². The molecule has 2 rings (SSSR count). The summed E-state index contributed by atoms with van der Waals surface area (Å²) in [5, 5.41) is 0. The number of nitrogens with two attached hydrogens (primary N) is 1. The molecule has 0 spiro atoms. The molecular weight excluding hydrogens is 393 g/mol. The van der Waals surface area contributed by atoms with E-state index >= 15 is 0 Å². The standard InChI is InChI=1S/C16H25N3O2.HI/c1-20-14-9-7-8-13(15(14)21-2)12-18-16(17)19-10-5-3-4-6-11-19;/h7-9H,3-6,10-12H2,1-2H3,(H2,17,18);1H. The molecular formula is C16H26IN3O2. The average molecular weight is 419 g/mol. The zero-order valence-electron chi connectivity index (χ0n) is 13.4. The van der Waals surface area contributed by atoms with Crippen LogP contribution in [0, 0.1) is 0 Å². The zero-order chi connectivity index (χ0) is 15.1. The summed E-state index contributed by atoms with van der Waals surface area (Å²) in [4.78, 5) is 6.71. The van der Waals surface area contributed by atoms with Gasteiger partial charge in [0.05, 0.1) is 20.8 Å². The molecule has 0 amide bonds. The number of rotatable bonds is 4. The Balaban J connectivity index is 0.00000242. The van der Waals surface area contributed by atoms with E-state index in [1.165, 1.54) is 25.7 Å². The molecule has 1 fully saturated rings. The van der Waals surface area contributed by atoms with Crippen LogP contribution in [0.5, 0.6) is 11.5 Å². The third kappa shape index (κ3) is 4.93. The molecule has 0 atom stereocenters. The Morgan fingerprint density at radius 1 is 1.14 bits per heavy atom. The summed E-state index contributed by atoms with van der Waals surface area (Å²) in [6, 6.07) is 5.80. The Hall–Kier alpha value is -1.18. The summed E-state index contributed by atoms with van der Waals surface area (Å²) in [5.41, 5.74) is 7.11. The van der Waals surface area contributed by atoms with Gasteiger partial charge in [-0.2, -0.15) is 0 Å². The van der Waals surface area contributed by atoms with Crippen molar-refractivity contribution in [2.75, 3.05) is 27.3 Å². The topological polar surface area (TPSA) is 60.1 Å². The van der Waals surface area contributed by atoms with Gasteiger partial charge in [-0.05, 0) is 18.9 Å². The number of guanidine groups is 1. The molecule has 0 unspecified atom stereocenters. The van der Waals surface area contributed by atoms with Gasteiger partial charge >= 0.3 is 0 Å². The van der Waals surface area contributed by atoms with E-state index in [0.29, 0.717) is 12.5 Å². The number of benzene rings is 1. The number of aliphatic imine (C=N–C) groups is 1. The Bertz CT molecular complexity index is 486. The summed E-state index contributed by atoms with van der Waals surface area (Å²) in [6.45, 7) is 2.51. The van der Waals surface area contributed by atoms with Crippen LogP contribution in [0.1, 0.15) is 31.2 Å². The highest BCUT2D eigenvalue weighted by molar-refractivity contribution is 14.0. The van der Waals surface area contributed by atoms with Crippen molar-refractivity contribution in [2.24, 2.45) is 10.7 Å².